The van der Waals surface area contributed by atoms with E-state index in [4.69, 9.17) is 5.11 Å². The SMILES string of the molecule is CCCC(NS(=O)(=O)N1CCC(C(=O)OC)CC1)C(=O)O. The third kappa shape index (κ3) is 4.94. The highest BCUT2D eigenvalue weighted by Gasteiger charge is 2.33. The summed E-state index contributed by atoms with van der Waals surface area (Å²) < 4.78 is 32.3. The highest BCUT2D eigenvalue weighted by atomic mass is 32.2. The molecule has 2 N–H and O–H groups in total. The Morgan fingerprint density at radius 2 is 1.95 bits per heavy atom. The van der Waals surface area contributed by atoms with E-state index < -0.39 is 22.2 Å². The van der Waals surface area contributed by atoms with Crippen LogP contribution in [0.3, 0.4) is 0 Å². The normalized spacial score (nSPS) is 19.1. The molecule has 1 aliphatic rings. The maximum Gasteiger partial charge on any atom is 0.321 e. The molecule has 0 amide bonds. The van der Waals surface area contributed by atoms with E-state index in [0.717, 1.165) is 0 Å². The minimum Gasteiger partial charge on any atom is -0.480 e. The van der Waals surface area contributed by atoms with E-state index >= 15 is 0 Å². The predicted molar refractivity (Wildman–Crippen MR) is 74.7 cm³/mol. The number of carboxylic acids is 1. The highest BCUT2D eigenvalue weighted by Crippen LogP contribution is 2.20. The third-order valence-electron chi connectivity index (χ3n) is 3.49. The summed E-state index contributed by atoms with van der Waals surface area (Å²) in [4.78, 5) is 22.4. The first-order valence-corrected chi connectivity index (χ1v) is 8.33. The van der Waals surface area contributed by atoms with Crippen molar-refractivity contribution in [1.82, 2.24) is 9.03 Å². The van der Waals surface area contributed by atoms with Crippen LogP contribution < -0.4 is 4.72 Å². The maximum absolute atomic E-state index is 12.2. The van der Waals surface area contributed by atoms with Crippen LogP contribution in [0.1, 0.15) is 32.6 Å². The molecule has 122 valence electrons. The van der Waals surface area contributed by atoms with Gasteiger partial charge in [0.1, 0.15) is 6.04 Å². The molecule has 21 heavy (non-hydrogen) atoms. The number of ether oxygens (including phenoxy) is 1. The van der Waals surface area contributed by atoms with Gasteiger partial charge in [-0.2, -0.15) is 17.4 Å². The van der Waals surface area contributed by atoms with Crippen molar-refractivity contribution in [2.24, 2.45) is 5.92 Å². The Morgan fingerprint density at radius 3 is 2.38 bits per heavy atom. The van der Waals surface area contributed by atoms with Gasteiger partial charge in [-0.25, -0.2) is 0 Å². The number of nitrogens with one attached hydrogen (secondary N) is 1. The fourth-order valence-electron chi connectivity index (χ4n) is 2.27. The lowest BCUT2D eigenvalue weighted by Crippen LogP contribution is -2.51. The monoisotopic (exact) mass is 322 g/mol. The van der Waals surface area contributed by atoms with Crippen molar-refractivity contribution in [3.05, 3.63) is 0 Å². The second kappa shape index (κ2) is 7.71. The van der Waals surface area contributed by atoms with Crippen LogP contribution in [0.15, 0.2) is 0 Å². The van der Waals surface area contributed by atoms with Crippen molar-refractivity contribution >= 4 is 22.1 Å². The van der Waals surface area contributed by atoms with Crippen LogP contribution in [-0.4, -0.2) is 56.0 Å². The van der Waals surface area contributed by atoms with Crippen molar-refractivity contribution in [3.63, 3.8) is 0 Å². The van der Waals surface area contributed by atoms with E-state index in [1.54, 1.807) is 6.92 Å². The number of hydrogen-bond donors (Lipinski definition) is 2. The van der Waals surface area contributed by atoms with Crippen LogP contribution >= 0.6 is 0 Å². The summed E-state index contributed by atoms with van der Waals surface area (Å²) in [7, 11) is -2.55. The van der Waals surface area contributed by atoms with Gasteiger partial charge in [-0.3, -0.25) is 9.59 Å². The molecule has 1 heterocycles. The number of aliphatic carboxylic acids is 1. The van der Waals surface area contributed by atoms with Crippen LogP contribution in [0.2, 0.25) is 0 Å². The Morgan fingerprint density at radius 1 is 1.38 bits per heavy atom. The zero-order valence-corrected chi connectivity index (χ0v) is 13.1. The lowest BCUT2D eigenvalue weighted by Gasteiger charge is -2.30. The molecule has 1 atom stereocenters. The van der Waals surface area contributed by atoms with Crippen molar-refractivity contribution in [1.29, 1.82) is 0 Å². The minimum atomic E-state index is -3.86. The molecule has 1 unspecified atom stereocenters. The number of hydrogen-bond acceptors (Lipinski definition) is 5. The lowest BCUT2D eigenvalue weighted by molar-refractivity contribution is -0.146. The minimum absolute atomic E-state index is 0.174. The average Bonchev–Trinajstić information content (AvgIpc) is 2.45. The summed E-state index contributed by atoms with van der Waals surface area (Å²) >= 11 is 0. The van der Waals surface area contributed by atoms with Crippen molar-refractivity contribution in [2.45, 2.75) is 38.6 Å². The first-order valence-electron chi connectivity index (χ1n) is 6.89. The first-order chi connectivity index (χ1) is 9.81. The van der Waals surface area contributed by atoms with E-state index in [0.29, 0.717) is 19.3 Å². The lowest BCUT2D eigenvalue weighted by atomic mass is 9.99. The summed E-state index contributed by atoms with van der Waals surface area (Å²) in [6.07, 6.45) is 1.54. The van der Waals surface area contributed by atoms with Crippen LogP contribution in [0.4, 0.5) is 0 Å². The maximum atomic E-state index is 12.2. The molecule has 0 aliphatic carbocycles. The van der Waals surface area contributed by atoms with Gasteiger partial charge in [0.05, 0.1) is 13.0 Å². The van der Waals surface area contributed by atoms with Crippen LogP contribution in [-0.2, 0) is 24.5 Å². The summed E-state index contributed by atoms with van der Waals surface area (Å²) in [6, 6.07) is -1.13. The summed E-state index contributed by atoms with van der Waals surface area (Å²) in [6.45, 7) is 2.13. The van der Waals surface area contributed by atoms with Crippen molar-refractivity contribution in [3.8, 4) is 0 Å². The van der Waals surface area contributed by atoms with E-state index in [-0.39, 0.29) is 31.4 Å². The molecule has 0 aromatic carbocycles. The van der Waals surface area contributed by atoms with Gasteiger partial charge in [0.2, 0.25) is 0 Å². The van der Waals surface area contributed by atoms with Crippen LogP contribution in [0, 0.1) is 5.92 Å². The molecule has 0 radical (unpaired) electrons. The molecule has 0 bridgehead atoms. The van der Waals surface area contributed by atoms with Gasteiger partial charge < -0.3 is 9.84 Å². The molecule has 0 aromatic rings. The van der Waals surface area contributed by atoms with Gasteiger partial charge in [-0.1, -0.05) is 13.3 Å². The number of carboxylic acid groups (broad SMARTS) is 1. The van der Waals surface area contributed by atoms with E-state index in [2.05, 4.69) is 9.46 Å². The standard InChI is InChI=1S/C12H22N2O6S/c1-3-4-10(11(15)16)13-21(18,19)14-7-5-9(6-8-14)12(17)20-2/h9-10,13H,3-8H2,1-2H3,(H,15,16). The molecule has 8 nitrogen and oxygen atoms in total. The Labute approximate surface area is 124 Å². The molecule has 0 aromatic heterocycles. The Balaban J connectivity index is 2.64. The van der Waals surface area contributed by atoms with Crippen LogP contribution in [0.5, 0.6) is 0 Å². The molecule has 1 aliphatic heterocycles. The number of methoxy groups -OCH3 is 1. The van der Waals surface area contributed by atoms with Gasteiger partial charge in [-0.05, 0) is 19.3 Å². The molecule has 0 spiro atoms. The molecular formula is C12H22N2O6S. The number of carbonyl (C=O) groups excluding carboxylic acids is 1. The highest BCUT2D eigenvalue weighted by molar-refractivity contribution is 7.87. The number of carbonyl (C=O) groups is 2. The largest absolute Gasteiger partial charge is 0.480 e. The first kappa shape index (κ1) is 17.9. The van der Waals surface area contributed by atoms with Crippen molar-refractivity contribution in [2.75, 3.05) is 20.2 Å². The molecular weight excluding hydrogens is 300 g/mol. The fraction of sp³-hybridized carbons (Fsp3) is 0.833. The molecule has 9 heteroatoms. The third-order valence-corrected chi connectivity index (χ3v) is 5.12. The van der Waals surface area contributed by atoms with Gasteiger partial charge in [0.15, 0.2) is 0 Å². The predicted octanol–water partition coefficient (Wildman–Crippen LogP) is -0.0409. The number of esters is 1. The average molecular weight is 322 g/mol. The molecule has 1 rings (SSSR count). The fourth-order valence-corrected chi connectivity index (χ4v) is 3.69. The quantitative estimate of drug-likeness (QED) is 0.636. The van der Waals surface area contributed by atoms with Gasteiger partial charge in [-0.15, -0.1) is 0 Å². The number of rotatable bonds is 7. The summed E-state index contributed by atoms with van der Waals surface area (Å²) in [5, 5.41) is 9.01. The topological polar surface area (TPSA) is 113 Å². The second-order valence-corrected chi connectivity index (χ2v) is 6.70. The van der Waals surface area contributed by atoms with E-state index in [1.807, 2.05) is 0 Å². The number of nitrogens with zero attached hydrogens (tertiary/aromatic N) is 1. The van der Waals surface area contributed by atoms with E-state index in [9.17, 15) is 18.0 Å². The zero-order valence-electron chi connectivity index (χ0n) is 12.2. The zero-order chi connectivity index (χ0) is 16.0. The summed E-state index contributed by atoms with van der Waals surface area (Å²) in [5.41, 5.74) is 0. The van der Waals surface area contributed by atoms with Gasteiger partial charge >= 0.3 is 11.9 Å². The Hall–Kier alpha value is -1.19. The molecule has 0 saturated carbocycles. The Kier molecular flexibility index (Phi) is 6.56. The second-order valence-electron chi connectivity index (χ2n) is 5.00. The number of piperidine rings is 1. The van der Waals surface area contributed by atoms with Crippen molar-refractivity contribution < 1.29 is 27.9 Å². The van der Waals surface area contributed by atoms with Crippen LogP contribution in [0.25, 0.3) is 0 Å². The Bertz CT molecular complexity index is 470. The smallest absolute Gasteiger partial charge is 0.321 e. The van der Waals surface area contributed by atoms with Gasteiger partial charge in [0.25, 0.3) is 10.2 Å². The summed E-state index contributed by atoms with van der Waals surface area (Å²) in [5.74, 6) is -1.83. The van der Waals surface area contributed by atoms with E-state index in [1.165, 1.54) is 11.4 Å². The molecule has 1 saturated heterocycles. The van der Waals surface area contributed by atoms with Gasteiger partial charge in [0, 0.05) is 13.1 Å². The molecule has 1 fully saturated rings.